The van der Waals surface area contributed by atoms with E-state index >= 15 is 0 Å². The van der Waals surface area contributed by atoms with Crippen LogP contribution in [0.2, 0.25) is 0 Å². The molecule has 7 nitrogen and oxygen atoms in total. The zero-order valence-corrected chi connectivity index (χ0v) is 11.8. The second kappa shape index (κ2) is 6.29. The highest BCUT2D eigenvalue weighted by Crippen LogP contribution is 2.18. The van der Waals surface area contributed by atoms with E-state index in [0.29, 0.717) is 0 Å². The maximum Gasteiger partial charge on any atom is 0.214 e. The van der Waals surface area contributed by atoms with E-state index in [2.05, 4.69) is 9.46 Å². The molecule has 1 aliphatic heterocycles. The summed E-state index contributed by atoms with van der Waals surface area (Å²) in [5.41, 5.74) is 0. The van der Waals surface area contributed by atoms with Gasteiger partial charge in [0.15, 0.2) is 0 Å². The molecule has 18 heavy (non-hydrogen) atoms. The van der Waals surface area contributed by atoms with Crippen LogP contribution in [0.3, 0.4) is 0 Å². The van der Waals surface area contributed by atoms with E-state index in [-0.39, 0.29) is 37.5 Å². The molecule has 0 radical (unpaired) electrons. The molecule has 1 unspecified atom stereocenters. The Hall–Kier alpha value is -0.220. The van der Waals surface area contributed by atoms with Gasteiger partial charge in [-0.15, -0.1) is 0 Å². The molecule has 1 rings (SSSR count). The van der Waals surface area contributed by atoms with Crippen LogP contribution in [0.4, 0.5) is 0 Å². The minimum absolute atomic E-state index is 0.0432. The highest BCUT2D eigenvalue weighted by molar-refractivity contribution is 7.92. The molecule has 0 aromatic rings. The number of ether oxygens (including phenoxy) is 1. The van der Waals surface area contributed by atoms with Gasteiger partial charge >= 0.3 is 0 Å². The van der Waals surface area contributed by atoms with Crippen LogP contribution in [0.1, 0.15) is 12.8 Å². The number of aliphatic hydroxyl groups is 1. The number of sulfonamides is 1. The van der Waals surface area contributed by atoms with E-state index in [1.165, 1.54) is 7.11 Å². The van der Waals surface area contributed by atoms with Gasteiger partial charge in [0, 0.05) is 13.7 Å². The summed E-state index contributed by atoms with van der Waals surface area (Å²) in [5.74, 6) is -0.196. The molecule has 0 aliphatic carbocycles. The van der Waals surface area contributed by atoms with Crippen molar-refractivity contribution in [2.45, 2.75) is 24.2 Å². The third-order valence-corrected chi connectivity index (χ3v) is 6.45. The Kier molecular flexibility index (Phi) is 5.53. The predicted octanol–water partition coefficient (Wildman–Crippen LogP) is -1.51. The Morgan fingerprint density at radius 2 is 1.94 bits per heavy atom. The fraction of sp³-hybridized carbons (Fsp3) is 1.00. The molecule has 0 aromatic carbocycles. The quantitative estimate of drug-likeness (QED) is 0.617. The number of aliphatic hydroxyl groups excluding tert-OH is 1. The second-order valence-corrected chi connectivity index (χ2v) is 8.70. The van der Waals surface area contributed by atoms with E-state index < -0.39 is 31.2 Å². The van der Waals surface area contributed by atoms with Crippen molar-refractivity contribution in [3.63, 3.8) is 0 Å². The average molecular weight is 301 g/mol. The van der Waals surface area contributed by atoms with E-state index in [1.54, 1.807) is 0 Å². The minimum atomic E-state index is -3.58. The first kappa shape index (κ1) is 15.8. The van der Waals surface area contributed by atoms with Crippen molar-refractivity contribution in [3.8, 4) is 0 Å². The molecule has 1 heterocycles. The topological polar surface area (TPSA) is 110 Å². The average Bonchev–Trinajstić information content (AvgIpc) is 2.26. The third kappa shape index (κ3) is 4.81. The molecule has 1 aliphatic rings. The Morgan fingerprint density at radius 1 is 1.39 bits per heavy atom. The minimum Gasteiger partial charge on any atom is -0.389 e. The molecular weight excluding hydrogens is 282 g/mol. The molecule has 108 valence electrons. The van der Waals surface area contributed by atoms with Crippen LogP contribution in [0.5, 0.6) is 0 Å². The lowest BCUT2D eigenvalue weighted by atomic mass is 10.2. The van der Waals surface area contributed by atoms with Gasteiger partial charge < -0.3 is 9.84 Å². The molecule has 2 N–H and O–H groups in total. The standard InChI is InChI=1S/C9H19NO6S2/c1-16-7-8(11)6-10-18(14,15)9-2-4-17(12,13)5-3-9/h8-11H,2-7H2,1H3. The largest absolute Gasteiger partial charge is 0.389 e. The zero-order chi connectivity index (χ0) is 13.8. The molecule has 0 bridgehead atoms. The van der Waals surface area contributed by atoms with Crippen LogP contribution in [0, 0.1) is 0 Å². The Morgan fingerprint density at radius 3 is 2.44 bits per heavy atom. The van der Waals surface area contributed by atoms with E-state index in [4.69, 9.17) is 0 Å². The highest BCUT2D eigenvalue weighted by Gasteiger charge is 2.32. The van der Waals surface area contributed by atoms with Crippen molar-refractivity contribution < 1.29 is 26.7 Å². The van der Waals surface area contributed by atoms with Crippen molar-refractivity contribution in [2.24, 2.45) is 0 Å². The SMILES string of the molecule is COCC(O)CNS(=O)(=O)C1CCS(=O)(=O)CC1. The van der Waals surface area contributed by atoms with Crippen molar-refractivity contribution in [2.75, 3.05) is 31.8 Å². The van der Waals surface area contributed by atoms with Gasteiger partial charge in [0.05, 0.1) is 29.5 Å². The van der Waals surface area contributed by atoms with Gasteiger partial charge in [-0.1, -0.05) is 0 Å². The summed E-state index contributed by atoms with van der Waals surface area (Å²) >= 11 is 0. The summed E-state index contributed by atoms with van der Waals surface area (Å²) in [4.78, 5) is 0. The normalized spacial score (nSPS) is 22.8. The van der Waals surface area contributed by atoms with Crippen molar-refractivity contribution >= 4 is 19.9 Å². The summed E-state index contributed by atoms with van der Waals surface area (Å²) in [6, 6.07) is 0. The van der Waals surface area contributed by atoms with Gasteiger partial charge in [0.25, 0.3) is 0 Å². The Labute approximate surface area is 107 Å². The van der Waals surface area contributed by atoms with Crippen LogP contribution in [-0.4, -0.2) is 65.1 Å². The fourth-order valence-corrected chi connectivity index (χ4v) is 5.07. The monoisotopic (exact) mass is 301 g/mol. The van der Waals surface area contributed by atoms with Gasteiger partial charge in [-0.2, -0.15) is 0 Å². The Bertz CT molecular complexity index is 443. The smallest absolute Gasteiger partial charge is 0.214 e. The van der Waals surface area contributed by atoms with Crippen molar-refractivity contribution in [3.05, 3.63) is 0 Å². The summed E-state index contributed by atoms with van der Waals surface area (Å²) in [5, 5.41) is 8.65. The van der Waals surface area contributed by atoms with E-state index in [0.717, 1.165) is 0 Å². The maximum atomic E-state index is 11.8. The number of sulfone groups is 1. The van der Waals surface area contributed by atoms with Crippen LogP contribution in [-0.2, 0) is 24.6 Å². The van der Waals surface area contributed by atoms with Crippen LogP contribution in [0.15, 0.2) is 0 Å². The van der Waals surface area contributed by atoms with Gasteiger partial charge in [0.2, 0.25) is 10.0 Å². The Balaban J connectivity index is 2.50. The molecule has 0 aromatic heterocycles. The van der Waals surface area contributed by atoms with Crippen molar-refractivity contribution in [1.29, 1.82) is 0 Å². The number of rotatable bonds is 6. The van der Waals surface area contributed by atoms with Crippen LogP contribution in [0.25, 0.3) is 0 Å². The molecular formula is C9H19NO6S2. The summed E-state index contributed by atoms with van der Waals surface area (Å²) in [6.07, 6.45) is -0.687. The van der Waals surface area contributed by atoms with E-state index in [9.17, 15) is 21.9 Å². The van der Waals surface area contributed by atoms with Gasteiger partial charge in [0.1, 0.15) is 9.84 Å². The molecule has 9 heteroatoms. The molecule has 0 spiro atoms. The first-order valence-electron chi connectivity index (χ1n) is 5.63. The lowest BCUT2D eigenvalue weighted by Gasteiger charge is -2.22. The first-order valence-corrected chi connectivity index (χ1v) is 8.99. The molecule has 0 amide bonds. The molecule has 1 saturated heterocycles. The van der Waals surface area contributed by atoms with E-state index in [1.807, 2.05) is 0 Å². The summed E-state index contributed by atoms with van der Waals surface area (Å²) < 4.78 is 53.1. The summed E-state index contributed by atoms with van der Waals surface area (Å²) in [7, 11) is -5.25. The molecule has 1 atom stereocenters. The number of hydrogen-bond acceptors (Lipinski definition) is 6. The van der Waals surface area contributed by atoms with Gasteiger partial charge in [-0.05, 0) is 12.8 Å². The number of hydrogen-bond donors (Lipinski definition) is 2. The predicted molar refractivity (Wildman–Crippen MR) is 66.5 cm³/mol. The second-order valence-electron chi connectivity index (χ2n) is 4.35. The van der Waals surface area contributed by atoms with Crippen LogP contribution < -0.4 is 4.72 Å². The third-order valence-electron chi connectivity index (χ3n) is 2.82. The molecule has 1 fully saturated rings. The fourth-order valence-electron chi connectivity index (χ4n) is 1.76. The lowest BCUT2D eigenvalue weighted by molar-refractivity contribution is 0.0679. The number of methoxy groups -OCH3 is 1. The highest BCUT2D eigenvalue weighted by atomic mass is 32.2. The van der Waals surface area contributed by atoms with Crippen molar-refractivity contribution in [1.82, 2.24) is 4.72 Å². The zero-order valence-electron chi connectivity index (χ0n) is 10.2. The van der Waals surface area contributed by atoms with Gasteiger partial charge in [-0.3, -0.25) is 0 Å². The number of nitrogens with one attached hydrogen (secondary N) is 1. The maximum absolute atomic E-state index is 11.8. The first-order chi connectivity index (χ1) is 8.27. The summed E-state index contributed by atoms with van der Waals surface area (Å²) in [6.45, 7) is -0.0824. The van der Waals surface area contributed by atoms with Gasteiger partial charge in [-0.25, -0.2) is 21.6 Å². The lowest BCUT2D eigenvalue weighted by Crippen LogP contribution is -2.43. The molecule has 0 saturated carbocycles. The van der Waals surface area contributed by atoms with Crippen LogP contribution >= 0.6 is 0 Å².